The first-order valence-electron chi connectivity index (χ1n) is 7.14. The van der Waals surface area contributed by atoms with Gasteiger partial charge in [-0.05, 0) is 62.9 Å². The minimum absolute atomic E-state index is 0.737. The highest BCUT2D eigenvalue weighted by atomic mass is 16.5. The second-order valence-electron chi connectivity index (χ2n) is 5.13. The van der Waals surface area contributed by atoms with Crippen molar-refractivity contribution in [3.05, 3.63) is 29.8 Å². The summed E-state index contributed by atoms with van der Waals surface area (Å²) in [6, 6.07) is 8.48. The van der Waals surface area contributed by atoms with Crippen LogP contribution in [0.5, 0.6) is 5.75 Å². The Balaban J connectivity index is 2.11. The van der Waals surface area contributed by atoms with E-state index in [4.69, 9.17) is 4.74 Å². The van der Waals surface area contributed by atoms with Crippen molar-refractivity contribution in [2.45, 2.75) is 40.0 Å². The second-order valence-corrected chi connectivity index (χ2v) is 5.13. The first-order valence-corrected chi connectivity index (χ1v) is 7.14. The van der Waals surface area contributed by atoms with E-state index < -0.39 is 0 Å². The molecule has 1 aromatic rings. The van der Waals surface area contributed by atoms with E-state index in [1.807, 2.05) is 6.92 Å². The van der Waals surface area contributed by atoms with Crippen LogP contribution >= 0.6 is 0 Å². The fourth-order valence-electron chi connectivity index (χ4n) is 1.89. The van der Waals surface area contributed by atoms with Gasteiger partial charge in [-0.1, -0.05) is 26.0 Å². The van der Waals surface area contributed by atoms with Crippen LogP contribution in [0.4, 0.5) is 0 Å². The molecule has 0 aliphatic carbocycles. The van der Waals surface area contributed by atoms with Crippen LogP contribution < -0.4 is 10.1 Å². The molecule has 0 saturated carbocycles. The van der Waals surface area contributed by atoms with E-state index in [0.717, 1.165) is 37.8 Å². The van der Waals surface area contributed by atoms with Gasteiger partial charge in [-0.25, -0.2) is 0 Å². The molecule has 1 aromatic carbocycles. The van der Waals surface area contributed by atoms with Crippen molar-refractivity contribution in [3.8, 4) is 5.75 Å². The van der Waals surface area contributed by atoms with Gasteiger partial charge in [0, 0.05) is 0 Å². The molecule has 0 bridgehead atoms. The van der Waals surface area contributed by atoms with Crippen molar-refractivity contribution >= 4 is 0 Å². The van der Waals surface area contributed by atoms with Crippen molar-refractivity contribution in [2.75, 3.05) is 19.7 Å². The third-order valence-electron chi connectivity index (χ3n) is 2.86. The number of ether oxygens (including phenoxy) is 1. The van der Waals surface area contributed by atoms with Crippen LogP contribution in [-0.2, 0) is 6.42 Å². The normalized spacial score (nSPS) is 10.9. The molecule has 1 N–H and O–H groups in total. The molecular weight excluding hydrogens is 222 g/mol. The van der Waals surface area contributed by atoms with E-state index in [1.165, 1.54) is 18.4 Å². The summed E-state index contributed by atoms with van der Waals surface area (Å²) in [7, 11) is 0. The number of hydrogen-bond acceptors (Lipinski definition) is 2. The molecule has 102 valence electrons. The van der Waals surface area contributed by atoms with Gasteiger partial charge in [-0.3, -0.25) is 0 Å². The maximum atomic E-state index is 5.43. The molecule has 0 unspecified atom stereocenters. The number of aryl methyl sites for hydroxylation is 1. The zero-order chi connectivity index (χ0) is 13.2. The average Bonchev–Trinajstić information content (AvgIpc) is 2.35. The van der Waals surface area contributed by atoms with Gasteiger partial charge in [-0.2, -0.15) is 0 Å². The minimum atomic E-state index is 0.737. The summed E-state index contributed by atoms with van der Waals surface area (Å²) in [6.07, 6.45) is 3.66. The molecule has 0 atom stereocenters. The molecule has 1 rings (SSSR count). The largest absolute Gasteiger partial charge is 0.494 e. The monoisotopic (exact) mass is 249 g/mol. The highest BCUT2D eigenvalue weighted by Gasteiger charge is 1.96. The summed E-state index contributed by atoms with van der Waals surface area (Å²) in [5.41, 5.74) is 1.40. The fraction of sp³-hybridized carbons (Fsp3) is 0.625. The SMILES string of the molecule is CCOc1ccc(CCCCNCC(C)C)cc1. The first-order chi connectivity index (χ1) is 8.72. The van der Waals surface area contributed by atoms with Gasteiger partial charge in [0.1, 0.15) is 5.75 Å². The van der Waals surface area contributed by atoms with Gasteiger partial charge in [0.25, 0.3) is 0 Å². The lowest BCUT2D eigenvalue weighted by Crippen LogP contribution is -2.20. The predicted molar refractivity (Wildman–Crippen MR) is 78.3 cm³/mol. The molecule has 18 heavy (non-hydrogen) atoms. The van der Waals surface area contributed by atoms with Crippen LogP contribution in [0, 0.1) is 5.92 Å². The van der Waals surface area contributed by atoms with Crippen molar-refractivity contribution < 1.29 is 4.74 Å². The summed E-state index contributed by atoms with van der Waals surface area (Å²) in [5, 5.41) is 3.48. The zero-order valence-electron chi connectivity index (χ0n) is 12.0. The lowest BCUT2D eigenvalue weighted by atomic mass is 10.1. The number of benzene rings is 1. The summed E-state index contributed by atoms with van der Waals surface area (Å²) < 4.78 is 5.43. The number of unbranched alkanes of at least 4 members (excludes halogenated alkanes) is 1. The van der Waals surface area contributed by atoms with Gasteiger partial charge >= 0.3 is 0 Å². The van der Waals surface area contributed by atoms with Gasteiger partial charge < -0.3 is 10.1 Å². The van der Waals surface area contributed by atoms with Crippen molar-refractivity contribution in [3.63, 3.8) is 0 Å². The Hall–Kier alpha value is -1.02. The van der Waals surface area contributed by atoms with Crippen LogP contribution in [0.25, 0.3) is 0 Å². The Bertz CT molecular complexity index is 305. The van der Waals surface area contributed by atoms with Gasteiger partial charge in [0.05, 0.1) is 6.61 Å². The number of nitrogens with one attached hydrogen (secondary N) is 1. The summed E-state index contributed by atoms with van der Waals surface area (Å²) in [6.45, 7) is 9.50. The third kappa shape index (κ3) is 6.65. The van der Waals surface area contributed by atoms with Crippen LogP contribution in [0.15, 0.2) is 24.3 Å². The summed E-state index contributed by atoms with van der Waals surface area (Å²) in [5.74, 6) is 1.72. The zero-order valence-corrected chi connectivity index (χ0v) is 12.0. The van der Waals surface area contributed by atoms with Crippen LogP contribution in [-0.4, -0.2) is 19.7 Å². The second kappa shape index (κ2) is 8.98. The maximum absolute atomic E-state index is 5.43. The van der Waals surface area contributed by atoms with E-state index in [1.54, 1.807) is 0 Å². The van der Waals surface area contributed by atoms with E-state index >= 15 is 0 Å². The van der Waals surface area contributed by atoms with Crippen molar-refractivity contribution in [1.82, 2.24) is 5.32 Å². The van der Waals surface area contributed by atoms with E-state index in [-0.39, 0.29) is 0 Å². The summed E-state index contributed by atoms with van der Waals surface area (Å²) in [4.78, 5) is 0. The van der Waals surface area contributed by atoms with Crippen LogP contribution in [0.3, 0.4) is 0 Å². The quantitative estimate of drug-likeness (QED) is 0.674. The molecule has 0 heterocycles. The van der Waals surface area contributed by atoms with Gasteiger partial charge in [0.2, 0.25) is 0 Å². The van der Waals surface area contributed by atoms with Crippen LogP contribution in [0.2, 0.25) is 0 Å². The lowest BCUT2D eigenvalue weighted by Gasteiger charge is -2.07. The van der Waals surface area contributed by atoms with E-state index in [2.05, 4.69) is 43.4 Å². The molecule has 0 radical (unpaired) electrons. The summed E-state index contributed by atoms with van der Waals surface area (Å²) >= 11 is 0. The van der Waals surface area contributed by atoms with Crippen molar-refractivity contribution in [1.29, 1.82) is 0 Å². The molecule has 0 aliphatic heterocycles. The predicted octanol–water partition coefficient (Wildman–Crippen LogP) is 3.65. The Morgan fingerprint density at radius 1 is 1.11 bits per heavy atom. The van der Waals surface area contributed by atoms with E-state index in [0.29, 0.717) is 0 Å². The van der Waals surface area contributed by atoms with Gasteiger partial charge in [0.15, 0.2) is 0 Å². The van der Waals surface area contributed by atoms with Gasteiger partial charge in [-0.15, -0.1) is 0 Å². The van der Waals surface area contributed by atoms with Crippen molar-refractivity contribution in [2.24, 2.45) is 5.92 Å². The topological polar surface area (TPSA) is 21.3 Å². The molecular formula is C16H27NO. The third-order valence-corrected chi connectivity index (χ3v) is 2.86. The molecule has 0 fully saturated rings. The molecule has 0 amide bonds. The highest BCUT2D eigenvalue weighted by molar-refractivity contribution is 5.27. The Morgan fingerprint density at radius 3 is 2.44 bits per heavy atom. The molecule has 0 spiro atoms. The molecule has 0 aliphatic rings. The van der Waals surface area contributed by atoms with E-state index in [9.17, 15) is 0 Å². The minimum Gasteiger partial charge on any atom is -0.494 e. The number of rotatable bonds is 9. The molecule has 0 saturated heterocycles. The van der Waals surface area contributed by atoms with Crippen LogP contribution in [0.1, 0.15) is 39.2 Å². The smallest absolute Gasteiger partial charge is 0.119 e. The fourth-order valence-corrected chi connectivity index (χ4v) is 1.89. The lowest BCUT2D eigenvalue weighted by molar-refractivity contribution is 0.340. The number of hydrogen-bond donors (Lipinski definition) is 1. The Morgan fingerprint density at radius 2 is 1.83 bits per heavy atom. The Kier molecular flexibility index (Phi) is 7.51. The molecule has 2 heteroatoms. The highest BCUT2D eigenvalue weighted by Crippen LogP contribution is 2.13. The molecule has 2 nitrogen and oxygen atoms in total. The standard InChI is InChI=1S/C16H27NO/c1-4-18-16-10-8-15(9-11-16)7-5-6-12-17-13-14(2)3/h8-11,14,17H,4-7,12-13H2,1-3H3. The first kappa shape index (κ1) is 15.0. The maximum Gasteiger partial charge on any atom is 0.119 e. The average molecular weight is 249 g/mol. The molecule has 0 aromatic heterocycles. The Labute approximate surface area is 112 Å².